The number of hydrogen-bond donors (Lipinski definition) is 2. The molecule has 0 fully saturated rings. The number of rotatable bonds is 3. The van der Waals surface area contributed by atoms with Gasteiger partial charge in [0.2, 0.25) is 0 Å². The molecule has 0 bridgehead atoms. The summed E-state index contributed by atoms with van der Waals surface area (Å²) in [4.78, 5) is 20.1. The highest BCUT2D eigenvalue weighted by Gasteiger charge is 2.11. The van der Waals surface area contributed by atoms with Crippen molar-refractivity contribution >= 4 is 18.4 Å². The number of para-hydroxylation sites is 1. The van der Waals surface area contributed by atoms with E-state index in [1.54, 1.807) is 30.5 Å². The van der Waals surface area contributed by atoms with Crippen LogP contribution in [0, 0.1) is 30.6 Å². The smallest absolute Gasteiger partial charge is 0.260 e. The Morgan fingerprint density at radius 2 is 1.80 bits per heavy atom. The molecule has 9 heteroatoms. The quantitative estimate of drug-likeness (QED) is 0.491. The highest BCUT2D eigenvalue weighted by Crippen LogP contribution is 2.18. The van der Waals surface area contributed by atoms with Gasteiger partial charge < -0.3 is 15.9 Å². The van der Waals surface area contributed by atoms with Gasteiger partial charge in [-0.1, -0.05) is 12.1 Å². The number of hydrogen-bond acceptors (Lipinski definition) is 8. The first-order valence-electron chi connectivity index (χ1n) is 6.53. The maximum absolute atomic E-state index is 12.0. The standard InChI is InChI=1S/C13H13N3O2.CH4N2.2CHN/c1-9-7-15-12(8-14-9)16-13(17)10-5-3-4-6-11(10)18-2;1-3-2;2*1-2/h3-8H,1-2H3,(H,15,16,17);1-2H2;2*1H. The van der Waals surface area contributed by atoms with Gasteiger partial charge in [0.25, 0.3) is 5.91 Å². The monoisotopic (exact) mass is 341 g/mol. The SMILES string of the molecule is C#N.C#N.C=NN.COc1ccccc1C(=O)Nc1cnc(C)cn1. The first kappa shape index (κ1) is 23.3. The molecular formula is C16H19N7O2. The van der Waals surface area contributed by atoms with E-state index in [1.807, 2.05) is 6.92 Å². The van der Waals surface area contributed by atoms with Crippen LogP contribution < -0.4 is 15.9 Å². The second-order valence-corrected chi connectivity index (χ2v) is 3.88. The van der Waals surface area contributed by atoms with Crippen LogP contribution in [0.15, 0.2) is 41.8 Å². The lowest BCUT2D eigenvalue weighted by Gasteiger charge is -2.08. The fourth-order valence-electron chi connectivity index (χ4n) is 1.47. The molecule has 2 aromatic rings. The number of nitrogens with two attached hydrogens (primary N) is 1. The molecule has 0 aliphatic heterocycles. The Balaban J connectivity index is 0. The summed E-state index contributed by atoms with van der Waals surface area (Å²) in [5.74, 6) is 5.03. The van der Waals surface area contributed by atoms with E-state index in [0.717, 1.165) is 5.69 Å². The molecule has 9 nitrogen and oxygen atoms in total. The second-order valence-electron chi connectivity index (χ2n) is 3.88. The Labute approximate surface area is 146 Å². The first-order chi connectivity index (χ1) is 12.1. The normalized spacial score (nSPS) is 7.76. The van der Waals surface area contributed by atoms with Crippen molar-refractivity contribution in [2.75, 3.05) is 12.4 Å². The summed E-state index contributed by atoms with van der Waals surface area (Å²) < 4.78 is 5.13. The van der Waals surface area contributed by atoms with Crippen molar-refractivity contribution in [2.45, 2.75) is 6.92 Å². The number of ether oxygens (including phenoxy) is 1. The minimum atomic E-state index is -0.273. The number of nitrogens with zero attached hydrogens (tertiary/aromatic N) is 5. The van der Waals surface area contributed by atoms with Gasteiger partial charge in [0.1, 0.15) is 5.75 Å². The Kier molecular flexibility index (Phi) is 13.9. The third-order valence-corrected chi connectivity index (χ3v) is 2.37. The Hall–Kier alpha value is -3.98. The van der Waals surface area contributed by atoms with E-state index < -0.39 is 0 Å². The maximum Gasteiger partial charge on any atom is 0.260 e. The van der Waals surface area contributed by atoms with Gasteiger partial charge in [0.15, 0.2) is 5.82 Å². The van der Waals surface area contributed by atoms with E-state index in [9.17, 15) is 4.79 Å². The van der Waals surface area contributed by atoms with E-state index in [4.69, 9.17) is 15.3 Å². The Morgan fingerprint density at radius 1 is 1.24 bits per heavy atom. The zero-order chi connectivity index (χ0) is 19.7. The van der Waals surface area contributed by atoms with Gasteiger partial charge in [-0.15, -0.1) is 0 Å². The molecule has 1 aromatic carbocycles. The van der Waals surface area contributed by atoms with Gasteiger partial charge in [-0.3, -0.25) is 9.78 Å². The number of aryl methyl sites for hydroxylation is 1. The summed E-state index contributed by atoms with van der Waals surface area (Å²) in [5.41, 5.74) is 1.26. The zero-order valence-corrected chi connectivity index (χ0v) is 14.0. The molecule has 3 N–H and O–H groups in total. The minimum absolute atomic E-state index is 0.273. The Morgan fingerprint density at radius 3 is 2.28 bits per heavy atom. The molecule has 130 valence electrons. The number of aromatic nitrogens is 2. The first-order valence-corrected chi connectivity index (χ1v) is 6.53. The number of benzene rings is 1. The lowest BCUT2D eigenvalue weighted by Crippen LogP contribution is -2.14. The molecule has 1 aromatic heterocycles. The molecule has 0 aliphatic carbocycles. The summed E-state index contributed by atoms with van der Waals surface area (Å²) >= 11 is 0. The van der Waals surface area contributed by atoms with Crippen LogP contribution >= 0.6 is 0 Å². The van der Waals surface area contributed by atoms with Crippen LogP contribution in [-0.4, -0.2) is 29.7 Å². The second kappa shape index (κ2) is 14.9. The maximum atomic E-state index is 12.0. The molecular weight excluding hydrogens is 322 g/mol. The third kappa shape index (κ3) is 8.90. The number of nitriles is 2. The van der Waals surface area contributed by atoms with E-state index in [-0.39, 0.29) is 5.91 Å². The largest absolute Gasteiger partial charge is 0.496 e. The van der Waals surface area contributed by atoms with Crippen LogP contribution in [0.5, 0.6) is 5.75 Å². The van der Waals surface area contributed by atoms with Crippen molar-refractivity contribution in [3.05, 3.63) is 47.9 Å². The molecule has 0 atom stereocenters. The van der Waals surface area contributed by atoms with Crippen LogP contribution in [0.25, 0.3) is 0 Å². The summed E-state index contributed by atoms with van der Waals surface area (Å²) in [6, 6.07) is 7.01. The molecule has 25 heavy (non-hydrogen) atoms. The van der Waals surface area contributed by atoms with Gasteiger partial charge in [0, 0.05) is 19.9 Å². The van der Waals surface area contributed by atoms with Gasteiger partial charge in [0.05, 0.1) is 30.8 Å². The number of methoxy groups -OCH3 is 1. The highest BCUT2D eigenvalue weighted by atomic mass is 16.5. The van der Waals surface area contributed by atoms with Gasteiger partial charge >= 0.3 is 0 Å². The molecule has 1 heterocycles. The number of hydrazone groups is 1. The summed E-state index contributed by atoms with van der Waals surface area (Å²) in [5, 5.41) is 18.4. The van der Waals surface area contributed by atoms with Crippen LogP contribution in [0.3, 0.4) is 0 Å². The molecule has 0 spiro atoms. The summed E-state index contributed by atoms with van der Waals surface area (Å²) in [7, 11) is 1.53. The highest BCUT2D eigenvalue weighted by molar-refractivity contribution is 6.05. The Bertz CT molecular complexity index is 676. The molecule has 0 aliphatic rings. The zero-order valence-electron chi connectivity index (χ0n) is 14.0. The average Bonchev–Trinajstić information content (AvgIpc) is 2.67. The minimum Gasteiger partial charge on any atom is -0.496 e. The molecule has 2 rings (SSSR count). The summed E-state index contributed by atoms with van der Waals surface area (Å²) in [6.45, 7) is 11.7. The van der Waals surface area contributed by atoms with Crippen molar-refractivity contribution in [3.8, 4) is 18.9 Å². The van der Waals surface area contributed by atoms with Crippen molar-refractivity contribution in [3.63, 3.8) is 0 Å². The van der Waals surface area contributed by atoms with Crippen LogP contribution in [0.2, 0.25) is 0 Å². The number of anilines is 1. The van der Waals surface area contributed by atoms with Crippen LogP contribution in [0.1, 0.15) is 16.1 Å². The third-order valence-electron chi connectivity index (χ3n) is 2.37. The van der Waals surface area contributed by atoms with E-state index in [2.05, 4.69) is 46.1 Å². The predicted molar refractivity (Wildman–Crippen MR) is 94.8 cm³/mol. The lowest BCUT2D eigenvalue weighted by atomic mass is 10.2. The van der Waals surface area contributed by atoms with Gasteiger partial charge in [-0.05, 0) is 19.1 Å². The molecule has 0 saturated carbocycles. The van der Waals surface area contributed by atoms with E-state index >= 15 is 0 Å². The van der Waals surface area contributed by atoms with Gasteiger partial charge in [-0.2, -0.15) is 5.10 Å². The van der Waals surface area contributed by atoms with E-state index in [1.165, 1.54) is 13.3 Å². The number of nitrogens with one attached hydrogen (secondary N) is 1. The molecule has 0 saturated heterocycles. The average molecular weight is 341 g/mol. The van der Waals surface area contributed by atoms with Crippen LogP contribution in [0.4, 0.5) is 5.82 Å². The van der Waals surface area contributed by atoms with Crippen LogP contribution in [-0.2, 0) is 0 Å². The molecule has 0 unspecified atom stereocenters. The summed E-state index contributed by atoms with van der Waals surface area (Å²) in [6.07, 6.45) is 3.11. The van der Waals surface area contributed by atoms with Crippen molar-refractivity contribution < 1.29 is 9.53 Å². The number of carbonyl (C=O) groups is 1. The van der Waals surface area contributed by atoms with Crippen molar-refractivity contribution in [1.82, 2.24) is 9.97 Å². The molecule has 1 amide bonds. The fourth-order valence-corrected chi connectivity index (χ4v) is 1.47. The molecule has 0 radical (unpaired) electrons. The van der Waals surface area contributed by atoms with Crippen molar-refractivity contribution in [2.24, 2.45) is 10.9 Å². The lowest BCUT2D eigenvalue weighted by molar-refractivity contribution is 0.102. The topological polar surface area (TPSA) is 150 Å². The fraction of sp³-hybridized carbons (Fsp3) is 0.125. The van der Waals surface area contributed by atoms with Gasteiger partial charge in [-0.25, -0.2) is 15.5 Å². The number of amides is 1. The predicted octanol–water partition coefficient (Wildman–Crippen LogP) is 1.89. The van der Waals surface area contributed by atoms with E-state index in [0.29, 0.717) is 17.1 Å². The number of carbonyl (C=O) groups excluding carboxylic acids is 1. The van der Waals surface area contributed by atoms with Crippen molar-refractivity contribution in [1.29, 1.82) is 10.5 Å².